The van der Waals surface area contributed by atoms with Gasteiger partial charge in [0.15, 0.2) is 0 Å². The standard InChI is InChI=1S/C22H28N2O2/c25-22(23-13-6-14-26-17-7-2-1-3-8-17)19-15-21(16-11-12-16)24-20-10-5-4-9-18(19)20/h4-5,9-10,15-17H,1-3,6-8,11-14H2,(H,23,25). The lowest BCUT2D eigenvalue weighted by atomic mass is 9.98. The van der Waals surface area contributed by atoms with Crippen molar-refractivity contribution in [1.82, 2.24) is 10.3 Å². The van der Waals surface area contributed by atoms with Crippen LogP contribution in [0.4, 0.5) is 0 Å². The number of hydrogen-bond acceptors (Lipinski definition) is 3. The summed E-state index contributed by atoms with van der Waals surface area (Å²) in [5, 5.41) is 4.01. The number of para-hydroxylation sites is 1. The highest BCUT2D eigenvalue weighted by Crippen LogP contribution is 2.40. The smallest absolute Gasteiger partial charge is 0.252 e. The van der Waals surface area contributed by atoms with Gasteiger partial charge >= 0.3 is 0 Å². The molecule has 0 saturated heterocycles. The number of amides is 1. The predicted molar refractivity (Wildman–Crippen MR) is 103 cm³/mol. The molecule has 2 aliphatic carbocycles. The molecule has 0 spiro atoms. The average molecular weight is 352 g/mol. The summed E-state index contributed by atoms with van der Waals surface area (Å²) in [5.41, 5.74) is 2.74. The monoisotopic (exact) mass is 352 g/mol. The van der Waals surface area contributed by atoms with Crippen LogP contribution in [-0.2, 0) is 4.74 Å². The van der Waals surface area contributed by atoms with Crippen LogP contribution >= 0.6 is 0 Å². The lowest BCUT2D eigenvalue weighted by Crippen LogP contribution is -2.26. The summed E-state index contributed by atoms with van der Waals surface area (Å²) in [6, 6.07) is 9.93. The van der Waals surface area contributed by atoms with Gasteiger partial charge in [-0.05, 0) is 44.2 Å². The third kappa shape index (κ3) is 4.24. The summed E-state index contributed by atoms with van der Waals surface area (Å²) in [4.78, 5) is 17.5. The molecule has 2 aliphatic rings. The number of rotatable bonds is 7. The van der Waals surface area contributed by atoms with E-state index >= 15 is 0 Å². The van der Waals surface area contributed by atoms with E-state index < -0.39 is 0 Å². The Balaban J connectivity index is 1.34. The minimum atomic E-state index is 0.00293. The maximum atomic E-state index is 12.7. The van der Waals surface area contributed by atoms with Gasteiger partial charge in [0.2, 0.25) is 0 Å². The molecule has 4 rings (SSSR count). The van der Waals surface area contributed by atoms with Gasteiger partial charge in [0.05, 0.1) is 17.2 Å². The molecule has 1 aromatic carbocycles. The summed E-state index contributed by atoms with van der Waals surface area (Å²) in [6.45, 7) is 1.39. The van der Waals surface area contributed by atoms with E-state index in [4.69, 9.17) is 9.72 Å². The van der Waals surface area contributed by atoms with E-state index in [1.165, 1.54) is 44.9 Å². The molecule has 138 valence electrons. The first-order valence-electron chi connectivity index (χ1n) is 10.1. The van der Waals surface area contributed by atoms with Crippen LogP contribution in [0.3, 0.4) is 0 Å². The lowest BCUT2D eigenvalue weighted by Gasteiger charge is -2.21. The molecule has 4 nitrogen and oxygen atoms in total. The number of hydrogen-bond donors (Lipinski definition) is 1. The van der Waals surface area contributed by atoms with Crippen LogP contribution in [0.5, 0.6) is 0 Å². The molecule has 1 heterocycles. The molecule has 1 aromatic heterocycles. The lowest BCUT2D eigenvalue weighted by molar-refractivity contribution is 0.0273. The molecule has 26 heavy (non-hydrogen) atoms. The highest BCUT2D eigenvalue weighted by Gasteiger charge is 2.26. The van der Waals surface area contributed by atoms with Crippen molar-refractivity contribution in [3.05, 3.63) is 41.6 Å². The van der Waals surface area contributed by atoms with Crippen LogP contribution in [0.25, 0.3) is 10.9 Å². The molecule has 2 saturated carbocycles. The Bertz CT molecular complexity index is 764. The third-order valence-electron chi connectivity index (χ3n) is 5.49. The zero-order valence-corrected chi connectivity index (χ0v) is 15.4. The van der Waals surface area contributed by atoms with Gasteiger partial charge < -0.3 is 10.1 Å². The zero-order chi connectivity index (χ0) is 17.8. The van der Waals surface area contributed by atoms with Gasteiger partial charge in [0.1, 0.15) is 0 Å². The number of benzene rings is 1. The molecule has 2 aromatic rings. The summed E-state index contributed by atoms with van der Waals surface area (Å²) in [6.07, 6.45) is 9.98. The fourth-order valence-corrected chi connectivity index (χ4v) is 3.82. The normalized spacial score (nSPS) is 18.2. The van der Waals surface area contributed by atoms with Crippen LogP contribution < -0.4 is 5.32 Å². The molecule has 0 unspecified atom stereocenters. The molecule has 0 radical (unpaired) electrons. The van der Waals surface area contributed by atoms with Crippen LogP contribution in [0.1, 0.15) is 73.3 Å². The van der Waals surface area contributed by atoms with Crippen molar-refractivity contribution < 1.29 is 9.53 Å². The highest BCUT2D eigenvalue weighted by molar-refractivity contribution is 6.06. The maximum absolute atomic E-state index is 12.7. The number of carbonyl (C=O) groups is 1. The van der Waals surface area contributed by atoms with Crippen LogP contribution in [0.15, 0.2) is 30.3 Å². The van der Waals surface area contributed by atoms with Gasteiger partial charge in [-0.15, -0.1) is 0 Å². The number of nitrogens with zero attached hydrogens (tertiary/aromatic N) is 1. The number of ether oxygens (including phenoxy) is 1. The number of aromatic nitrogens is 1. The number of nitrogens with one attached hydrogen (secondary N) is 1. The van der Waals surface area contributed by atoms with Gasteiger partial charge in [-0.1, -0.05) is 37.5 Å². The van der Waals surface area contributed by atoms with E-state index in [9.17, 15) is 4.79 Å². The molecule has 0 atom stereocenters. The van der Waals surface area contributed by atoms with E-state index in [1.807, 2.05) is 30.3 Å². The highest BCUT2D eigenvalue weighted by atomic mass is 16.5. The van der Waals surface area contributed by atoms with Crippen LogP contribution in [0, 0.1) is 0 Å². The van der Waals surface area contributed by atoms with Crippen molar-refractivity contribution in [3.8, 4) is 0 Å². The predicted octanol–water partition coefficient (Wildman–Crippen LogP) is 4.58. The van der Waals surface area contributed by atoms with Gasteiger partial charge in [-0.25, -0.2) is 0 Å². The van der Waals surface area contributed by atoms with Gasteiger partial charge in [-0.2, -0.15) is 0 Å². The van der Waals surface area contributed by atoms with Crippen molar-refractivity contribution >= 4 is 16.8 Å². The molecular weight excluding hydrogens is 324 g/mol. The average Bonchev–Trinajstić information content (AvgIpc) is 3.53. The first-order valence-corrected chi connectivity index (χ1v) is 10.1. The van der Waals surface area contributed by atoms with E-state index in [0.29, 0.717) is 18.6 Å². The summed E-state index contributed by atoms with van der Waals surface area (Å²) >= 11 is 0. The van der Waals surface area contributed by atoms with Crippen LogP contribution in [0.2, 0.25) is 0 Å². The molecule has 2 fully saturated rings. The van der Waals surface area contributed by atoms with Crippen molar-refractivity contribution in [3.63, 3.8) is 0 Å². The summed E-state index contributed by atoms with van der Waals surface area (Å²) in [7, 11) is 0. The van der Waals surface area contributed by atoms with E-state index in [-0.39, 0.29) is 5.91 Å². The molecule has 0 aliphatic heterocycles. The first-order chi connectivity index (χ1) is 12.8. The molecular formula is C22H28N2O2. The zero-order valence-electron chi connectivity index (χ0n) is 15.4. The third-order valence-corrected chi connectivity index (χ3v) is 5.49. The second-order valence-corrected chi connectivity index (χ2v) is 7.63. The van der Waals surface area contributed by atoms with Crippen molar-refractivity contribution in [2.75, 3.05) is 13.2 Å². The van der Waals surface area contributed by atoms with Crippen molar-refractivity contribution in [2.45, 2.75) is 63.4 Å². The Morgan fingerprint density at radius 2 is 1.92 bits per heavy atom. The first kappa shape index (κ1) is 17.5. The van der Waals surface area contributed by atoms with E-state index in [1.54, 1.807) is 0 Å². The maximum Gasteiger partial charge on any atom is 0.252 e. The van der Waals surface area contributed by atoms with E-state index in [2.05, 4.69) is 5.32 Å². The minimum Gasteiger partial charge on any atom is -0.378 e. The SMILES string of the molecule is O=C(NCCCOC1CCCCC1)c1cc(C2CC2)nc2ccccc12. The number of fused-ring (bicyclic) bond motifs is 1. The number of carbonyl (C=O) groups excluding carboxylic acids is 1. The van der Waals surface area contributed by atoms with Gasteiger partial charge in [0.25, 0.3) is 5.91 Å². The summed E-state index contributed by atoms with van der Waals surface area (Å²) < 4.78 is 5.94. The summed E-state index contributed by atoms with van der Waals surface area (Å²) in [5.74, 6) is 0.540. The minimum absolute atomic E-state index is 0.00293. The Morgan fingerprint density at radius 3 is 2.73 bits per heavy atom. The Hall–Kier alpha value is -1.94. The second-order valence-electron chi connectivity index (χ2n) is 7.63. The Labute approximate surface area is 155 Å². The fraction of sp³-hybridized carbons (Fsp3) is 0.545. The molecule has 1 N–H and O–H groups in total. The topological polar surface area (TPSA) is 51.2 Å². The van der Waals surface area contributed by atoms with Crippen LogP contribution in [-0.4, -0.2) is 30.1 Å². The molecule has 0 bridgehead atoms. The van der Waals surface area contributed by atoms with Gasteiger partial charge in [-0.3, -0.25) is 9.78 Å². The van der Waals surface area contributed by atoms with E-state index in [0.717, 1.165) is 35.2 Å². The quantitative estimate of drug-likeness (QED) is 0.742. The molecule has 4 heteroatoms. The molecule has 1 amide bonds. The largest absolute Gasteiger partial charge is 0.378 e. The Morgan fingerprint density at radius 1 is 1.12 bits per heavy atom. The van der Waals surface area contributed by atoms with Crippen molar-refractivity contribution in [1.29, 1.82) is 0 Å². The fourth-order valence-electron chi connectivity index (χ4n) is 3.82. The number of pyridine rings is 1. The van der Waals surface area contributed by atoms with Gasteiger partial charge in [0, 0.05) is 30.1 Å². The second kappa shape index (κ2) is 8.17. The Kier molecular flexibility index (Phi) is 5.49. The van der Waals surface area contributed by atoms with Crippen molar-refractivity contribution in [2.24, 2.45) is 0 Å².